The summed E-state index contributed by atoms with van der Waals surface area (Å²) >= 11 is 13.8. The number of aliphatic hydroxyl groups excluding tert-OH is 1. The molecule has 53 nitrogen and oxygen atoms in total. The molecule has 2 aromatic heterocycles. The predicted octanol–water partition coefficient (Wildman–Crippen LogP) is -9.87. The number of unbranched alkanes of at least 4 members (excludes halogenated alkanes) is 4. The first-order chi connectivity index (χ1) is 67.0. The average molecular weight is 2070 g/mol. The minimum atomic E-state index is -2.05. The van der Waals surface area contributed by atoms with Crippen molar-refractivity contribution in [1.29, 1.82) is 0 Å². The highest BCUT2D eigenvalue weighted by Gasteiger charge is 2.40. The summed E-state index contributed by atoms with van der Waals surface area (Å²) in [6.07, 6.45) is 0.534. The molecule has 786 valence electrons. The zero-order valence-electron chi connectivity index (χ0n) is 78.0. The van der Waals surface area contributed by atoms with Crippen LogP contribution in [0.25, 0.3) is 10.9 Å². The average Bonchev–Trinajstić information content (AvgIpc) is 1.69. The molecule has 16 atom stereocenters. The molecule has 0 spiro atoms. The number of amides is 18. The molecule has 0 radical (unpaired) electrons. The van der Waals surface area contributed by atoms with Gasteiger partial charge in [-0.15, -0.1) is 0 Å². The van der Waals surface area contributed by atoms with Gasteiger partial charge in [0.05, 0.1) is 44.5 Å². The molecule has 0 saturated carbocycles. The number of thioether (sulfide) groups is 1. The standard InChI is InChI=1S/C84H134N26O27S4/c1-43(111)69(83(135)105-55(84(136)137)21-24-67(118)119)110-82(134)61(41-140)109-80(132)58(33-68(120)121)107-74(126)50(17-7-11-28-87)100-77(129)54(25-30-141-2)104-76(128)53(19-22-62(90)112)103-79(131)57(32-45-35-91-42-96-45)98-64(114)38-94-71(123)52(20-23-66(116)117)102-73(125)49(16-6-10-27-86)97-63(113)37-95-72(124)59(39-138)108-75(127)51(18-8-12-29-88)101-78(130)56(31-44-34-92-48-15-4-3-13-46(44)48)106-81(133)60(40-139)99-65(115)36-93-70(122)47(89)14-5-9-26-85/h3-4,13,15,34-35,42-43,47,49-61,69,92,111,138-140H,5-12,14,16-33,36-41,85-89H2,1-2H3,(H2,90,112)(H,91,96)(H,93,122)(H,94,123)(H,95,124)(H,97,113)(H,98,114)(H,99,115)(H,100,129)(H,101,130)(H,102,125)(H,103,131)(H,104,128)(H,105,135)(H,106,133)(H,107,126)(H,108,127)(H,109,132)(H,110,134)(H,116,117)(H,118,119)(H,120,121)(H,136,137)/t43-,47+,49+,50+,51+,52+,53+,54+,55+,56+,57+,58+,59+,60+,61+,69+/m1/s1. The van der Waals surface area contributed by atoms with E-state index < -0.39 is 309 Å². The van der Waals surface area contributed by atoms with Gasteiger partial charge in [0, 0.05) is 78.4 Å². The van der Waals surface area contributed by atoms with Crippen molar-refractivity contribution in [2.45, 2.75) is 245 Å². The summed E-state index contributed by atoms with van der Waals surface area (Å²) in [6, 6.07) is -17.2. The molecule has 1 aromatic carbocycles. The van der Waals surface area contributed by atoms with Gasteiger partial charge in [0.2, 0.25) is 106 Å². The molecule has 0 bridgehead atoms. The Morgan fingerprint density at radius 3 is 1.19 bits per heavy atom. The molecule has 0 saturated heterocycles. The van der Waals surface area contributed by atoms with E-state index in [1.165, 1.54) is 24.3 Å². The number of aromatic amines is 2. The van der Waals surface area contributed by atoms with E-state index in [0.717, 1.165) is 6.92 Å². The monoisotopic (exact) mass is 2070 g/mol. The molecule has 0 fully saturated rings. The van der Waals surface area contributed by atoms with Crippen molar-refractivity contribution in [3.63, 3.8) is 0 Å². The van der Waals surface area contributed by atoms with Crippen LogP contribution in [0.5, 0.6) is 0 Å². The lowest BCUT2D eigenvalue weighted by Gasteiger charge is -2.28. The molecule has 3 rings (SSSR count). The van der Waals surface area contributed by atoms with Crippen molar-refractivity contribution in [2.75, 3.05) is 75.1 Å². The maximum absolute atomic E-state index is 14.6. The maximum atomic E-state index is 14.6. The third-order valence-electron chi connectivity index (χ3n) is 21.3. The lowest BCUT2D eigenvalue weighted by atomic mass is 10.0. The number of benzene rings is 1. The Bertz CT molecular complexity index is 4680. The molecule has 141 heavy (non-hydrogen) atoms. The topological polar surface area (TPSA) is 882 Å². The normalized spacial score (nSPS) is 14.5. The van der Waals surface area contributed by atoms with Crippen LogP contribution >= 0.6 is 49.6 Å². The molecule has 0 unspecified atom stereocenters. The van der Waals surface area contributed by atoms with Crippen LogP contribution in [0, 0.1) is 0 Å². The van der Waals surface area contributed by atoms with E-state index >= 15 is 0 Å². The van der Waals surface area contributed by atoms with Gasteiger partial charge in [-0.2, -0.15) is 49.6 Å². The predicted molar refractivity (Wildman–Crippen MR) is 518 cm³/mol. The number of para-hydroxylation sites is 1. The lowest BCUT2D eigenvalue weighted by Crippen LogP contribution is -2.61. The number of aromatic nitrogens is 3. The number of nitrogens with zero attached hydrogens (tertiary/aromatic N) is 1. The number of nitrogens with two attached hydrogens (primary N) is 6. The summed E-state index contributed by atoms with van der Waals surface area (Å²) in [4.78, 5) is 306. The van der Waals surface area contributed by atoms with Crippen LogP contribution in [-0.4, -0.2) is 343 Å². The fourth-order valence-corrected chi connectivity index (χ4v) is 14.8. The number of thiol groups is 3. The molecule has 0 aliphatic carbocycles. The summed E-state index contributed by atoms with van der Waals surface area (Å²) in [5.74, 6) is -26.2. The van der Waals surface area contributed by atoms with Crippen molar-refractivity contribution in [3.8, 4) is 0 Å². The number of carbonyl (C=O) groups is 22. The molecule has 3 aromatic rings. The Balaban J connectivity index is 1.85. The molecule has 2 heterocycles. The number of hydrogen-bond donors (Lipinski definition) is 33. The second kappa shape index (κ2) is 67.0. The SMILES string of the molecule is CSCC[C@H](NC(=O)[C@H](CCC(N)=O)NC(=O)[C@H](Cc1cnc[nH]1)NC(=O)CNC(=O)[C@H](CCC(=O)O)NC(=O)[C@H](CCCCN)NC(=O)CNC(=O)[C@H](CS)NC(=O)[C@H](CCCCN)NC(=O)[C@H](Cc1c[nH]c2ccccc12)NC(=O)[C@H](CS)NC(=O)CNC(=O)[C@@H](N)CCCCN)C(=O)N[C@@H](CCCCN)C(=O)N[C@@H](CC(=O)O)C(=O)N[C@@H](CS)C(=O)N[C@H](C(=O)N[C@@H](CCC(=O)O)C(=O)O)[C@@H](C)O. The first-order valence-corrected chi connectivity index (χ1v) is 48.6. The second-order valence-electron chi connectivity index (χ2n) is 32.6. The number of aliphatic hydroxyl groups is 1. The number of hydrogen-bond acceptors (Lipinski definition) is 33. The summed E-state index contributed by atoms with van der Waals surface area (Å²) in [5.41, 5.74) is 35.7. The minimum Gasteiger partial charge on any atom is -0.481 e. The fourth-order valence-electron chi connectivity index (χ4n) is 13.6. The van der Waals surface area contributed by atoms with E-state index in [1.54, 1.807) is 36.7 Å². The number of nitrogens with one attached hydrogen (secondary N) is 19. The zero-order chi connectivity index (χ0) is 105. The fraction of sp³-hybridized carbons (Fsp3) is 0.607. The minimum absolute atomic E-state index is 0.0638. The Labute approximate surface area is 831 Å². The van der Waals surface area contributed by atoms with E-state index in [1.807, 2.05) is 5.32 Å². The van der Waals surface area contributed by atoms with E-state index in [9.17, 15) is 126 Å². The van der Waals surface area contributed by atoms with Crippen molar-refractivity contribution in [2.24, 2.45) is 34.4 Å². The van der Waals surface area contributed by atoms with Crippen LogP contribution in [0.4, 0.5) is 0 Å². The highest BCUT2D eigenvalue weighted by molar-refractivity contribution is 7.98. The van der Waals surface area contributed by atoms with Crippen LogP contribution in [0.15, 0.2) is 43.0 Å². The smallest absolute Gasteiger partial charge is 0.326 e. The largest absolute Gasteiger partial charge is 0.481 e. The third-order valence-corrected chi connectivity index (χ3v) is 23.1. The molecule has 36 N–H and O–H groups in total. The van der Waals surface area contributed by atoms with Gasteiger partial charge >= 0.3 is 23.9 Å². The van der Waals surface area contributed by atoms with Gasteiger partial charge in [0.25, 0.3) is 0 Å². The van der Waals surface area contributed by atoms with E-state index in [2.05, 4.69) is 138 Å². The number of carboxylic acids is 4. The molecule has 18 amide bonds. The van der Waals surface area contributed by atoms with E-state index in [0.29, 0.717) is 48.7 Å². The van der Waals surface area contributed by atoms with Gasteiger partial charge < -0.3 is 160 Å². The molecular weight excluding hydrogens is 1930 g/mol. The zero-order valence-corrected chi connectivity index (χ0v) is 81.5. The number of carbonyl (C=O) groups excluding carboxylic acids is 18. The van der Waals surface area contributed by atoms with Gasteiger partial charge in [-0.05, 0) is 153 Å². The molecule has 0 aliphatic rings. The van der Waals surface area contributed by atoms with E-state index in [-0.39, 0.29) is 101 Å². The molecule has 0 aliphatic heterocycles. The summed E-state index contributed by atoms with van der Waals surface area (Å²) in [6.45, 7) is -0.674. The lowest BCUT2D eigenvalue weighted by molar-refractivity contribution is -0.144. The van der Waals surface area contributed by atoms with Crippen molar-refractivity contribution in [3.05, 3.63) is 54.2 Å². The quantitative estimate of drug-likeness (QED) is 0.0184. The van der Waals surface area contributed by atoms with Gasteiger partial charge in [-0.25, -0.2) is 9.78 Å². The van der Waals surface area contributed by atoms with Gasteiger partial charge in [-0.1, -0.05) is 24.6 Å². The van der Waals surface area contributed by atoms with Crippen LogP contribution in [0.3, 0.4) is 0 Å². The van der Waals surface area contributed by atoms with E-state index in [4.69, 9.17) is 39.5 Å². The molecular formula is C84H134N26O27S4. The summed E-state index contributed by atoms with van der Waals surface area (Å²) in [5, 5.41) is 89.9. The first kappa shape index (κ1) is 123. The second-order valence-corrected chi connectivity index (χ2v) is 34.7. The maximum Gasteiger partial charge on any atom is 0.326 e. The third kappa shape index (κ3) is 47.1. The van der Waals surface area contributed by atoms with Crippen LogP contribution in [0.1, 0.15) is 147 Å². The number of rotatable bonds is 73. The van der Waals surface area contributed by atoms with Gasteiger partial charge in [-0.3, -0.25) is 101 Å². The number of fused-ring (bicyclic) bond motifs is 1. The first-order valence-electron chi connectivity index (χ1n) is 45.3. The highest BCUT2D eigenvalue weighted by Crippen LogP contribution is 2.21. The highest BCUT2D eigenvalue weighted by atomic mass is 32.2. The van der Waals surface area contributed by atoms with Crippen LogP contribution < -0.4 is 125 Å². The number of primary amides is 1. The Morgan fingerprint density at radius 2 is 0.745 bits per heavy atom. The number of imidazole rings is 1. The Kier molecular flexibility index (Phi) is 58.3. The van der Waals surface area contributed by atoms with Crippen molar-refractivity contribution < 1.29 is 131 Å². The Morgan fingerprint density at radius 1 is 0.390 bits per heavy atom. The number of H-pyrrole nitrogens is 2. The van der Waals surface area contributed by atoms with Crippen molar-refractivity contribution >= 4 is 191 Å². The summed E-state index contributed by atoms with van der Waals surface area (Å²) in [7, 11) is 0. The molecule has 57 heteroatoms. The number of carboxylic acid groups (broad SMARTS) is 4. The number of aliphatic carboxylic acids is 4. The van der Waals surface area contributed by atoms with Gasteiger partial charge in [0.15, 0.2) is 0 Å². The summed E-state index contributed by atoms with van der Waals surface area (Å²) < 4.78 is 0. The Hall–Kier alpha value is -12.5. The van der Waals surface area contributed by atoms with Gasteiger partial charge in [0.1, 0.15) is 84.6 Å². The van der Waals surface area contributed by atoms with Crippen molar-refractivity contribution in [1.82, 2.24) is 105 Å². The van der Waals surface area contributed by atoms with Crippen LogP contribution in [0.2, 0.25) is 0 Å². The van der Waals surface area contributed by atoms with Crippen LogP contribution in [-0.2, 0) is 118 Å².